The average molecular weight is 288 g/mol. The van der Waals surface area contributed by atoms with E-state index in [1.807, 2.05) is 0 Å². The van der Waals surface area contributed by atoms with Gasteiger partial charge in [-0.05, 0) is 37.6 Å². The molecule has 0 aromatic heterocycles. The number of carbonyl (C=O) groups excluding carboxylic acids is 1. The number of hydrogen-bond acceptors (Lipinski definition) is 4. The van der Waals surface area contributed by atoms with Crippen LogP contribution >= 0.6 is 0 Å². The molecule has 20 heavy (non-hydrogen) atoms. The lowest BCUT2D eigenvalue weighted by atomic mass is 9.88. The molecule has 0 bridgehead atoms. The fourth-order valence-electron chi connectivity index (χ4n) is 2.08. The molecule has 0 fully saturated rings. The Balaban J connectivity index is 3.53. The van der Waals surface area contributed by atoms with Crippen molar-refractivity contribution in [1.82, 2.24) is 5.32 Å². The van der Waals surface area contributed by atoms with E-state index in [4.69, 9.17) is 15.2 Å². The Hall–Kier alpha value is -0.650. The summed E-state index contributed by atoms with van der Waals surface area (Å²) in [6.45, 7) is 7.64. The second-order valence-electron chi connectivity index (χ2n) is 5.43. The van der Waals surface area contributed by atoms with Crippen molar-refractivity contribution in [3.05, 3.63) is 0 Å². The Bertz CT molecular complexity index is 235. The Morgan fingerprint density at radius 2 is 1.95 bits per heavy atom. The summed E-state index contributed by atoms with van der Waals surface area (Å²) in [6, 6.07) is 0. The molecule has 3 N–H and O–H groups in total. The van der Waals surface area contributed by atoms with Crippen molar-refractivity contribution >= 4 is 5.91 Å². The first-order valence-electron chi connectivity index (χ1n) is 7.65. The molecule has 0 saturated carbocycles. The van der Waals surface area contributed by atoms with Gasteiger partial charge in [0.25, 0.3) is 0 Å². The molecule has 1 unspecified atom stereocenters. The summed E-state index contributed by atoms with van der Waals surface area (Å²) in [5.74, 6) is 1.26. The predicted octanol–water partition coefficient (Wildman–Crippen LogP) is 1.56. The van der Waals surface area contributed by atoms with Gasteiger partial charge in [0, 0.05) is 26.7 Å². The minimum Gasteiger partial charge on any atom is -0.382 e. The Labute approximate surface area is 123 Å². The van der Waals surface area contributed by atoms with Gasteiger partial charge in [-0.15, -0.1) is 0 Å². The predicted molar refractivity (Wildman–Crippen MR) is 81.6 cm³/mol. The van der Waals surface area contributed by atoms with Crippen molar-refractivity contribution in [2.45, 2.75) is 39.5 Å². The molecule has 0 rings (SSSR count). The molecule has 0 aliphatic heterocycles. The fraction of sp³-hybridized carbons (Fsp3) is 0.933. The van der Waals surface area contributed by atoms with Gasteiger partial charge >= 0.3 is 0 Å². The molecule has 1 amide bonds. The van der Waals surface area contributed by atoms with E-state index >= 15 is 0 Å². The van der Waals surface area contributed by atoms with Crippen molar-refractivity contribution in [3.8, 4) is 0 Å². The number of nitrogens with two attached hydrogens (primary N) is 1. The summed E-state index contributed by atoms with van der Waals surface area (Å²) in [6.07, 6.45) is 3.35. The van der Waals surface area contributed by atoms with E-state index in [1.165, 1.54) is 0 Å². The minimum absolute atomic E-state index is 0.129. The van der Waals surface area contributed by atoms with Crippen LogP contribution in [0.2, 0.25) is 0 Å². The first-order chi connectivity index (χ1) is 9.61. The molecule has 120 valence electrons. The SMILES string of the molecule is COCCOCCCNC(=O)CCC(CCN)C(C)C. The summed E-state index contributed by atoms with van der Waals surface area (Å²) in [5.41, 5.74) is 5.60. The van der Waals surface area contributed by atoms with E-state index in [2.05, 4.69) is 19.2 Å². The number of ether oxygens (including phenoxy) is 2. The van der Waals surface area contributed by atoms with E-state index in [-0.39, 0.29) is 5.91 Å². The second kappa shape index (κ2) is 13.3. The van der Waals surface area contributed by atoms with E-state index in [9.17, 15) is 4.79 Å². The molecule has 0 aromatic rings. The molecule has 0 aromatic carbocycles. The van der Waals surface area contributed by atoms with Gasteiger partial charge in [-0.1, -0.05) is 13.8 Å². The number of carbonyl (C=O) groups is 1. The van der Waals surface area contributed by atoms with Crippen molar-refractivity contribution in [1.29, 1.82) is 0 Å². The highest BCUT2D eigenvalue weighted by molar-refractivity contribution is 5.75. The van der Waals surface area contributed by atoms with Crippen molar-refractivity contribution in [2.24, 2.45) is 17.6 Å². The number of rotatable bonds is 13. The highest BCUT2D eigenvalue weighted by Gasteiger charge is 2.14. The monoisotopic (exact) mass is 288 g/mol. The summed E-state index contributed by atoms with van der Waals surface area (Å²) in [7, 11) is 1.65. The molecule has 5 nitrogen and oxygen atoms in total. The van der Waals surface area contributed by atoms with Gasteiger partial charge < -0.3 is 20.5 Å². The van der Waals surface area contributed by atoms with Crippen LogP contribution in [-0.4, -0.2) is 45.9 Å². The maximum atomic E-state index is 11.7. The molecule has 1 atom stereocenters. The third-order valence-electron chi connectivity index (χ3n) is 3.44. The largest absolute Gasteiger partial charge is 0.382 e. The topological polar surface area (TPSA) is 73.6 Å². The molecule has 5 heteroatoms. The average Bonchev–Trinajstić information content (AvgIpc) is 2.42. The van der Waals surface area contributed by atoms with Crippen LogP contribution in [0.3, 0.4) is 0 Å². The van der Waals surface area contributed by atoms with E-state index in [1.54, 1.807) is 7.11 Å². The standard InChI is InChI=1S/C15H32N2O3/c1-13(2)14(7-8-16)5-6-15(18)17-9-4-10-20-12-11-19-3/h13-14H,4-12,16H2,1-3H3,(H,17,18). The Kier molecular flexibility index (Phi) is 12.9. The highest BCUT2D eigenvalue weighted by Crippen LogP contribution is 2.20. The highest BCUT2D eigenvalue weighted by atomic mass is 16.5. The quantitative estimate of drug-likeness (QED) is 0.504. The molecule has 0 radical (unpaired) electrons. The normalized spacial score (nSPS) is 12.7. The first-order valence-corrected chi connectivity index (χ1v) is 7.65. The zero-order chi connectivity index (χ0) is 15.2. The van der Waals surface area contributed by atoms with Crippen molar-refractivity contribution < 1.29 is 14.3 Å². The van der Waals surface area contributed by atoms with Crippen molar-refractivity contribution in [2.75, 3.05) is 40.0 Å². The van der Waals surface area contributed by atoms with Crippen molar-refractivity contribution in [3.63, 3.8) is 0 Å². The molecule has 0 saturated heterocycles. The molecular formula is C15H32N2O3. The zero-order valence-electron chi connectivity index (χ0n) is 13.3. The van der Waals surface area contributed by atoms with Crippen LogP contribution in [0.4, 0.5) is 0 Å². The smallest absolute Gasteiger partial charge is 0.220 e. The van der Waals surface area contributed by atoms with Crippen LogP contribution in [0, 0.1) is 11.8 Å². The summed E-state index contributed by atoms with van der Waals surface area (Å²) < 4.78 is 10.2. The van der Waals surface area contributed by atoms with Crippen LogP contribution in [0.1, 0.15) is 39.5 Å². The Morgan fingerprint density at radius 1 is 1.20 bits per heavy atom. The van der Waals surface area contributed by atoms with E-state index in [0.717, 1.165) is 19.3 Å². The lowest BCUT2D eigenvalue weighted by molar-refractivity contribution is -0.121. The molecule has 0 aliphatic rings. The summed E-state index contributed by atoms with van der Waals surface area (Å²) in [4.78, 5) is 11.7. The summed E-state index contributed by atoms with van der Waals surface area (Å²) in [5, 5.41) is 2.93. The maximum Gasteiger partial charge on any atom is 0.220 e. The van der Waals surface area contributed by atoms with Crippen LogP contribution < -0.4 is 11.1 Å². The van der Waals surface area contributed by atoms with Gasteiger partial charge in [-0.2, -0.15) is 0 Å². The van der Waals surface area contributed by atoms with Gasteiger partial charge in [0.1, 0.15) is 0 Å². The molecule has 0 aliphatic carbocycles. The van der Waals surface area contributed by atoms with Gasteiger partial charge in [-0.25, -0.2) is 0 Å². The van der Waals surface area contributed by atoms with Gasteiger partial charge in [0.2, 0.25) is 5.91 Å². The molecule has 0 spiro atoms. The van der Waals surface area contributed by atoms with Gasteiger partial charge in [0.05, 0.1) is 13.2 Å². The maximum absolute atomic E-state index is 11.7. The lowest BCUT2D eigenvalue weighted by Crippen LogP contribution is -2.26. The molecular weight excluding hydrogens is 256 g/mol. The van der Waals surface area contributed by atoms with E-state index in [0.29, 0.717) is 51.2 Å². The second-order valence-corrected chi connectivity index (χ2v) is 5.43. The first kappa shape index (κ1) is 19.4. The third kappa shape index (κ3) is 11.2. The third-order valence-corrected chi connectivity index (χ3v) is 3.44. The number of nitrogens with one attached hydrogen (secondary N) is 1. The van der Waals surface area contributed by atoms with E-state index < -0.39 is 0 Å². The minimum atomic E-state index is 0.129. The van der Waals surface area contributed by atoms with Crippen LogP contribution in [0.25, 0.3) is 0 Å². The zero-order valence-corrected chi connectivity index (χ0v) is 13.3. The number of hydrogen-bond donors (Lipinski definition) is 2. The summed E-state index contributed by atoms with van der Waals surface area (Å²) >= 11 is 0. The lowest BCUT2D eigenvalue weighted by Gasteiger charge is -2.19. The van der Waals surface area contributed by atoms with Gasteiger partial charge in [-0.3, -0.25) is 4.79 Å². The number of amides is 1. The van der Waals surface area contributed by atoms with Crippen LogP contribution in [0.15, 0.2) is 0 Å². The Morgan fingerprint density at radius 3 is 2.55 bits per heavy atom. The van der Waals surface area contributed by atoms with Crippen LogP contribution in [-0.2, 0) is 14.3 Å². The number of methoxy groups -OCH3 is 1. The van der Waals surface area contributed by atoms with Crippen LogP contribution in [0.5, 0.6) is 0 Å². The van der Waals surface area contributed by atoms with Gasteiger partial charge in [0.15, 0.2) is 0 Å². The molecule has 0 heterocycles. The fourth-order valence-corrected chi connectivity index (χ4v) is 2.08.